The molecule has 1 aliphatic heterocycles. The number of hydrogen-bond donors (Lipinski definition) is 3. The zero-order valence-corrected chi connectivity index (χ0v) is 18.4. The normalized spacial score (nSPS) is 18.7. The van der Waals surface area contributed by atoms with Crippen LogP contribution in [0.2, 0.25) is 0 Å². The van der Waals surface area contributed by atoms with Crippen LogP contribution in [0.3, 0.4) is 0 Å². The number of nitrogens with two attached hydrogens (primary N) is 1. The van der Waals surface area contributed by atoms with E-state index in [0.29, 0.717) is 31.5 Å². The minimum Gasteiger partial charge on any atom is -0.349 e. The molecule has 1 fully saturated rings. The van der Waals surface area contributed by atoms with Crippen LogP contribution in [0.4, 0.5) is 0 Å². The average molecular weight is 407 g/mol. The number of nitrogens with zero attached hydrogens (tertiary/aromatic N) is 1. The van der Waals surface area contributed by atoms with E-state index in [1.165, 1.54) is 0 Å². The SMILES string of the molecule is C=CCNC(=O)C(=C)C(CCCC)NC(=O)C1CCCN1C(=O)C(N)C(C)(C)C. The van der Waals surface area contributed by atoms with Crippen molar-refractivity contribution >= 4 is 17.7 Å². The molecule has 29 heavy (non-hydrogen) atoms. The van der Waals surface area contributed by atoms with Gasteiger partial charge in [0.25, 0.3) is 0 Å². The van der Waals surface area contributed by atoms with Crippen LogP contribution >= 0.6 is 0 Å². The van der Waals surface area contributed by atoms with E-state index in [9.17, 15) is 14.4 Å². The van der Waals surface area contributed by atoms with Gasteiger partial charge in [0.05, 0.1) is 12.1 Å². The number of unbranched alkanes of at least 4 members (excludes halogenated alkanes) is 1. The Labute approximate surface area is 175 Å². The Morgan fingerprint density at radius 1 is 1.31 bits per heavy atom. The minimum absolute atomic E-state index is 0.206. The largest absolute Gasteiger partial charge is 0.349 e. The quantitative estimate of drug-likeness (QED) is 0.381. The molecule has 4 N–H and O–H groups in total. The predicted octanol–water partition coefficient (Wildman–Crippen LogP) is 1.88. The number of amides is 3. The van der Waals surface area contributed by atoms with Crippen LogP contribution in [0, 0.1) is 5.41 Å². The molecule has 0 saturated carbocycles. The van der Waals surface area contributed by atoms with Gasteiger partial charge in [0.15, 0.2) is 0 Å². The van der Waals surface area contributed by atoms with E-state index in [1.807, 2.05) is 27.7 Å². The lowest BCUT2D eigenvalue weighted by molar-refractivity contribution is -0.141. The molecule has 0 aromatic carbocycles. The molecule has 0 aromatic rings. The lowest BCUT2D eigenvalue weighted by Gasteiger charge is -2.33. The molecule has 0 spiro atoms. The molecule has 164 valence electrons. The molecule has 0 aliphatic carbocycles. The lowest BCUT2D eigenvalue weighted by atomic mass is 9.86. The maximum absolute atomic E-state index is 13.0. The van der Waals surface area contributed by atoms with E-state index < -0.39 is 18.1 Å². The molecule has 1 rings (SSSR count). The van der Waals surface area contributed by atoms with Crippen LogP contribution in [-0.4, -0.2) is 53.8 Å². The summed E-state index contributed by atoms with van der Waals surface area (Å²) in [6.45, 7) is 16.1. The molecule has 0 aromatic heterocycles. The van der Waals surface area contributed by atoms with Crippen molar-refractivity contribution in [3.05, 3.63) is 24.8 Å². The van der Waals surface area contributed by atoms with Gasteiger partial charge in [-0.2, -0.15) is 0 Å². The summed E-state index contributed by atoms with van der Waals surface area (Å²) in [7, 11) is 0. The van der Waals surface area contributed by atoms with Crippen LogP contribution in [0.1, 0.15) is 59.8 Å². The molecule has 1 saturated heterocycles. The first-order valence-corrected chi connectivity index (χ1v) is 10.5. The van der Waals surface area contributed by atoms with Gasteiger partial charge in [0, 0.05) is 18.7 Å². The Morgan fingerprint density at radius 2 is 1.97 bits per heavy atom. The third kappa shape index (κ3) is 6.99. The summed E-state index contributed by atoms with van der Waals surface area (Å²) in [6.07, 6.45) is 5.32. The standard InChI is InChI=1S/C22H38N4O3/c1-7-9-11-16(15(3)19(27)24-13-8-2)25-20(28)17-12-10-14-26(17)21(29)18(23)22(4,5)6/h8,16-18H,2-3,7,9-14,23H2,1,4-6H3,(H,24,27)(H,25,28). The second-order valence-corrected chi connectivity index (χ2v) is 8.76. The zero-order valence-electron chi connectivity index (χ0n) is 18.4. The van der Waals surface area contributed by atoms with Gasteiger partial charge in [0.2, 0.25) is 17.7 Å². The Morgan fingerprint density at radius 3 is 2.52 bits per heavy atom. The van der Waals surface area contributed by atoms with E-state index in [0.717, 1.165) is 19.3 Å². The summed E-state index contributed by atoms with van der Waals surface area (Å²) in [5, 5.41) is 5.66. The van der Waals surface area contributed by atoms with Crippen molar-refractivity contribution < 1.29 is 14.4 Å². The van der Waals surface area contributed by atoms with Crippen LogP contribution in [0.15, 0.2) is 24.8 Å². The lowest BCUT2D eigenvalue weighted by Crippen LogP contribution is -2.56. The van der Waals surface area contributed by atoms with E-state index >= 15 is 0 Å². The molecule has 7 heteroatoms. The van der Waals surface area contributed by atoms with Crippen molar-refractivity contribution in [2.45, 2.75) is 77.9 Å². The number of nitrogens with one attached hydrogen (secondary N) is 2. The van der Waals surface area contributed by atoms with Gasteiger partial charge < -0.3 is 21.3 Å². The Kier molecular flexibility index (Phi) is 9.56. The van der Waals surface area contributed by atoms with Crippen molar-refractivity contribution in [2.24, 2.45) is 11.1 Å². The smallest absolute Gasteiger partial charge is 0.248 e. The van der Waals surface area contributed by atoms with Gasteiger partial charge in [-0.3, -0.25) is 14.4 Å². The summed E-state index contributed by atoms with van der Waals surface area (Å²) >= 11 is 0. The monoisotopic (exact) mass is 406 g/mol. The third-order valence-electron chi connectivity index (χ3n) is 5.32. The van der Waals surface area contributed by atoms with Crippen molar-refractivity contribution in [2.75, 3.05) is 13.1 Å². The first-order chi connectivity index (χ1) is 13.5. The zero-order chi connectivity index (χ0) is 22.2. The van der Waals surface area contributed by atoms with Gasteiger partial charge in [0.1, 0.15) is 6.04 Å². The molecular weight excluding hydrogens is 368 g/mol. The molecule has 7 nitrogen and oxygen atoms in total. The summed E-state index contributed by atoms with van der Waals surface area (Å²) < 4.78 is 0. The summed E-state index contributed by atoms with van der Waals surface area (Å²) in [5.41, 5.74) is 6.07. The highest BCUT2D eigenvalue weighted by Crippen LogP contribution is 2.25. The summed E-state index contributed by atoms with van der Waals surface area (Å²) in [5.74, 6) is -0.765. The molecule has 1 aliphatic rings. The average Bonchev–Trinajstić information content (AvgIpc) is 3.16. The van der Waals surface area contributed by atoms with Crippen molar-refractivity contribution in [3.63, 3.8) is 0 Å². The molecule has 3 atom stereocenters. The highest BCUT2D eigenvalue weighted by atomic mass is 16.2. The van der Waals surface area contributed by atoms with E-state index in [1.54, 1.807) is 11.0 Å². The van der Waals surface area contributed by atoms with Crippen LogP contribution in [0.25, 0.3) is 0 Å². The summed E-state index contributed by atoms with van der Waals surface area (Å²) in [6, 6.07) is -1.71. The van der Waals surface area contributed by atoms with Crippen LogP contribution < -0.4 is 16.4 Å². The predicted molar refractivity (Wildman–Crippen MR) is 116 cm³/mol. The van der Waals surface area contributed by atoms with Crippen LogP contribution in [0.5, 0.6) is 0 Å². The Bertz CT molecular complexity index is 624. The van der Waals surface area contributed by atoms with E-state index in [2.05, 4.69) is 23.8 Å². The highest BCUT2D eigenvalue weighted by Gasteiger charge is 2.40. The molecule has 3 unspecified atom stereocenters. The first-order valence-electron chi connectivity index (χ1n) is 10.5. The Hall–Kier alpha value is -2.15. The summed E-state index contributed by atoms with van der Waals surface area (Å²) in [4.78, 5) is 39.7. The first kappa shape index (κ1) is 24.9. The molecule has 0 bridgehead atoms. The molecular formula is C22H38N4O3. The molecule has 0 radical (unpaired) electrons. The fourth-order valence-electron chi connectivity index (χ4n) is 3.30. The molecule has 3 amide bonds. The van der Waals surface area contributed by atoms with Gasteiger partial charge in [-0.1, -0.05) is 53.2 Å². The van der Waals surface area contributed by atoms with Crippen molar-refractivity contribution in [1.82, 2.24) is 15.5 Å². The van der Waals surface area contributed by atoms with Gasteiger partial charge in [-0.05, 0) is 24.7 Å². The maximum Gasteiger partial charge on any atom is 0.248 e. The molecule has 1 heterocycles. The second-order valence-electron chi connectivity index (χ2n) is 8.76. The van der Waals surface area contributed by atoms with E-state index in [4.69, 9.17) is 5.73 Å². The number of carbonyl (C=O) groups is 3. The maximum atomic E-state index is 13.0. The number of likely N-dealkylation sites (tertiary alicyclic amines) is 1. The fraction of sp³-hybridized carbons (Fsp3) is 0.682. The van der Waals surface area contributed by atoms with Gasteiger partial charge in [-0.15, -0.1) is 6.58 Å². The minimum atomic E-state index is -0.675. The third-order valence-corrected chi connectivity index (χ3v) is 5.32. The second kappa shape index (κ2) is 11.1. The van der Waals surface area contributed by atoms with Gasteiger partial charge in [-0.25, -0.2) is 0 Å². The fourth-order valence-corrected chi connectivity index (χ4v) is 3.30. The van der Waals surface area contributed by atoms with E-state index in [-0.39, 0.29) is 23.1 Å². The number of rotatable bonds is 10. The van der Waals surface area contributed by atoms with Crippen LogP contribution in [-0.2, 0) is 14.4 Å². The topological polar surface area (TPSA) is 105 Å². The van der Waals surface area contributed by atoms with Gasteiger partial charge >= 0.3 is 0 Å². The Balaban J connectivity index is 2.89. The van der Waals surface area contributed by atoms with Crippen molar-refractivity contribution in [1.29, 1.82) is 0 Å². The highest BCUT2D eigenvalue weighted by molar-refractivity contribution is 5.96. The number of hydrogen-bond acceptors (Lipinski definition) is 4. The number of carbonyl (C=O) groups excluding carboxylic acids is 3. The van der Waals surface area contributed by atoms with Crippen molar-refractivity contribution in [3.8, 4) is 0 Å².